The summed E-state index contributed by atoms with van der Waals surface area (Å²) in [4.78, 5) is 37.9. The first-order valence-corrected chi connectivity index (χ1v) is 9.98. The lowest BCUT2D eigenvalue weighted by Gasteiger charge is -2.12. The van der Waals surface area contributed by atoms with Crippen molar-refractivity contribution in [2.75, 3.05) is 13.7 Å². The number of methoxy groups -OCH3 is 1. The van der Waals surface area contributed by atoms with Crippen molar-refractivity contribution in [2.45, 2.75) is 26.1 Å². The number of carbonyl (C=O) groups is 1. The van der Waals surface area contributed by atoms with Gasteiger partial charge >= 0.3 is 5.69 Å². The number of amides is 1. The summed E-state index contributed by atoms with van der Waals surface area (Å²) in [5.74, 6) is -0.336. The number of ether oxygens (including phenoxy) is 1. The molecular weight excluding hydrogens is 402 g/mol. The molecule has 0 atom stereocenters. The van der Waals surface area contributed by atoms with Crippen molar-refractivity contribution in [1.82, 2.24) is 14.5 Å². The lowest BCUT2D eigenvalue weighted by molar-refractivity contribution is -0.121. The summed E-state index contributed by atoms with van der Waals surface area (Å²) in [7, 11) is 1.56. The van der Waals surface area contributed by atoms with Gasteiger partial charge in [0.25, 0.3) is 5.56 Å². The van der Waals surface area contributed by atoms with Crippen LogP contribution in [0.15, 0.2) is 45.3 Å². The highest BCUT2D eigenvalue weighted by molar-refractivity contribution is 7.17. The van der Waals surface area contributed by atoms with Crippen LogP contribution in [0.4, 0.5) is 0 Å². The monoisotopic (exact) mass is 421 g/mol. The number of hydrogen-bond acceptors (Lipinski definition) is 5. The Bertz CT molecular complexity index is 1100. The number of fused-ring (bicyclic) bond motifs is 1. The highest BCUT2D eigenvalue weighted by atomic mass is 35.5. The van der Waals surface area contributed by atoms with E-state index in [0.717, 1.165) is 5.56 Å². The first kappa shape index (κ1) is 20.3. The van der Waals surface area contributed by atoms with Crippen LogP contribution in [-0.4, -0.2) is 28.8 Å². The van der Waals surface area contributed by atoms with E-state index in [9.17, 15) is 14.4 Å². The van der Waals surface area contributed by atoms with Crippen LogP contribution in [0.5, 0.6) is 0 Å². The fourth-order valence-electron chi connectivity index (χ4n) is 2.89. The predicted octanol–water partition coefficient (Wildman–Crippen LogP) is 2.23. The molecule has 0 bridgehead atoms. The van der Waals surface area contributed by atoms with Crippen molar-refractivity contribution in [1.29, 1.82) is 0 Å². The molecule has 28 heavy (non-hydrogen) atoms. The molecule has 2 aromatic heterocycles. The first-order valence-electron chi connectivity index (χ1n) is 8.73. The number of hydrogen-bond donors (Lipinski definition) is 1. The third-order valence-electron chi connectivity index (χ3n) is 4.30. The largest absolute Gasteiger partial charge is 0.385 e. The Hall–Kier alpha value is -2.42. The molecule has 0 saturated carbocycles. The van der Waals surface area contributed by atoms with Gasteiger partial charge in [0.1, 0.15) is 11.2 Å². The van der Waals surface area contributed by atoms with E-state index in [1.807, 2.05) is 18.2 Å². The van der Waals surface area contributed by atoms with Gasteiger partial charge in [-0.2, -0.15) is 0 Å². The average Bonchev–Trinajstić information content (AvgIpc) is 3.17. The van der Waals surface area contributed by atoms with Gasteiger partial charge in [-0.25, -0.2) is 4.79 Å². The number of aromatic nitrogens is 2. The van der Waals surface area contributed by atoms with Crippen LogP contribution < -0.4 is 16.6 Å². The topological polar surface area (TPSA) is 82.3 Å². The second-order valence-electron chi connectivity index (χ2n) is 6.17. The maximum Gasteiger partial charge on any atom is 0.332 e. The average molecular weight is 422 g/mol. The van der Waals surface area contributed by atoms with E-state index in [4.69, 9.17) is 16.3 Å². The summed E-state index contributed by atoms with van der Waals surface area (Å²) >= 11 is 7.36. The Balaban J connectivity index is 1.84. The van der Waals surface area contributed by atoms with Gasteiger partial charge in [-0.1, -0.05) is 29.8 Å². The van der Waals surface area contributed by atoms with E-state index in [-0.39, 0.29) is 31.1 Å². The Kier molecular flexibility index (Phi) is 6.66. The number of nitrogens with zero attached hydrogens (tertiary/aromatic N) is 2. The SMILES string of the molecule is COCCCn1c(=O)c2sccc2n(CC(=O)NCc2ccccc2Cl)c1=O. The molecule has 148 valence electrons. The number of nitrogens with one attached hydrogen (secondary N) is 1. The zero-order valence-electron chi connectivity index (χ0n) is 15.3. The van der Waals surface area contributed by atoms with E-state index in [1.165, 1.54) is 20.5 Å². The fraction of sp³-hybridized carbons (Fsp3) is 0.316. The molecule has 1 aromatic carbocycles. The molecule has 0 aliphatic heterocycles. The summed E-state index contributed by atoms with van der Waals surface area (Å²) in [5.41, 5.74) is 0.421. The molecule has 0 saturated heterocycles. The summed E-state index contributed by atoms with van der Waals surface area (Å²) in [5, 5.41) is 5.07. The Morgan fingerprint density at radius 2 is 2.00 bits per heavy atom. The standard InChI is InChI=1S/C19H20ClN3O4S/c1-27-9-4-8-22-18(25)17-15(7-10-28-17)23(19(22)26)12-16(24)21-11-13-5-2-3-6-14(13)20/h2-3,5-7,10H,4,8-9,11-12H2,1H3,(H,21,24). The molecule has 7 nitrogen and oxygen atoms in total. The van der Waals surface area contributed by atoms with E-state index in [0.29, 0.717) is 28.3 Å². The van der Waals surface area contributed by atoms with Gasteiger partial charge in [0, 0.05) is 31.8 Å². The number of halogens is 1. The number of benzene rings is 1. The molecule has 1 amide bonds. The zero-order chi connectivity index (χ0) is 20.1. The van der Waals surface area contributed by atoms with Crippen LogP contribution in [0, 0.1) is 0 Å². The molecule has 0 fully saturated rings. The third kappa shape index (κ3) is 4.35. The second kappa shape index (κ2) is 9.18. The lowest BCUT2D eigenvalue weighted by atomic mass is 10.2. The molecule has 0 aliphatic rings. The van der Waals surface area contributed by atoms with Crippen molar-refractivity contribution in [3.63, 3.8) is 0 Å². The molecule has 3 rings (SSSR count). The zero-order valence-corrected chi connectivity index (χ0v) is 16.9. The van der Waals surface area contributed by atoms with Gasteiger partial charge < -0.3 is 10.1 Å². The van der Waals surface area contributed by atoms with Crippen LogP contribution in [0.2, 0.25) is 5.02 Å². The molecule has 0 radical (unpaired) electrons. The third-order valence-corrected chi connectivity index (χ3v) is 5.56. The van der Waals surface area contributed by atoms with Crippen molar-refractivity contribution >= 4 is 39.1 Å². The summed E-state index contributed by atoms with van der Waals surface area (Å²) in [6, 6.07) is 8.90. The highest BCUT2D eigenvalue weighted by Crippen LogP contribution is 2.16. The molecule has 0 unspecified atom stereocenters. The van der Waals surface area contributed by atoms with Crippen LogP contribution in [0.25, 0.3) is 10.2 Å². The second-order valence-corrected chi connectivity index (χ2v) is 7.50. The Labute approximate surface area is 170 Å². The molecule has 1 N–H and O–H groups in total. The highest BCUT2D eigenvalue weighted by Gasteiger charge is 2.16. The number of carbonyl (C=O) groups excluding carboxylic acids is 1. The summed E-state index contributed by atoms with van der Waals surface area (Å²) in [6.45, 7) is 0.752. The van der Waals surface area contributed by atoms with Gasteiger partial charge in [-0.3, -0.25) is 18.7 Å². The van der Waals surface area contributed by atoms with Crippen LogP contribution >= 0.6 is 22.9 Å². The van der Waals surface area contributed by atoms with Crippen molar-refractivity contribution < 1.29 is 9.53 Å². The van der Waals surface area contributed by atoms with E-state index in [2.05, 4.69) is 5.32 Å². The van der Waals surface area contributed by atoms with Gasteiger partial charge in [-0.05, 0) is 29.5 Å². The van der Waals surface area contributed by atoms with E-state index < -0.39 is 5.69 Å². The summed E-state index contributed by atoms with van der Waals surface area (Å²) < 4.78 is 7.95. The maximum absolute atomic E-state index is 12.8. The molecular formula is C19H20ClN3O4S. The predicted molar refractivity (Wildman–Crippen MR) is 110 cm³/mol. The minimum Gasteiger partial charge on any atom is -0.385 e. The quantitative estimate of drug-likeness (QED) is 0.565. The van der Waals surface area contributed by atoms with Gasteiger partial charge in [0.05, 0.1) is 5.52 Å². The minimum atomic E-state index is -0.500. The molecule has 0 aliphatic carbocycles. The van der Waals surface area contributed by atoms with Gasteiger partial charge in [-0.15, -0.1) is 11.3 Å². The maximum atomic E-state index is 12.8. The van der Waals surface area contributed by atoms with E-state index >= 15 is 0 Å². The molecule has 2 heterocycles. The number of rotatable bonds is 8. The van der Waals surface area contributed by atoms with E-state index in [1.54, 1.807) is 24.6 Å². The van der Waals surface area contributed by atoms with Crippen molar-refractivity contribution in [2.24, 2.45) is 0 Å². The first-order chi connectivity index (χ1) is 13.5. The fourth-order valence-corrected chi connectivity index (χ4v) is 3.93. The van der Waals surface area contributed by atoms with Crippen LogP contribution in [-0.2, 0) is 29.2 Å². The Morgan fingerprint density at radius 3 is 2.75 bits per heavy atom. The molecule has 9 heteroatoms. The normalized spacial score (nSPS) is 11.1. The lowest BCUT2D eigenvalue weighted by Crippen LogP contribution is -2.42. The van der Waals surface area contributed by atoms with Gasteiger partial charge in [0.2, 0.25) is 5.91 Å². The molecule has 3 aromatic rings. The number of thiophene rings is 1. The molecule has 0 spiro atoms. The minimum absolute atomic E-state index is 0.179. The van der Waals surface area contributed by atoms with Crippen LogP contribution in [0.1, 0.15) is 12.0 Å². The Morgan fingerprint density at radius 1 is 1.21 bits per heavy atom. The van der Waals surface area contributed by atoms with Crippen LogP contribution in [0.3, 0.4) is 0 Å². The summed E-state index contributed by atoms with van der Waals surface area (Å²) in [6.07, 6.45) is 0.529. The smallest absolute Gasteiger partial charge is 0.332 e. The van der Waals surface area contributed by atoms with Gasteiger partial charge in [0.15, 0.2) is 0 Å². The van der Waals surface area contributed by atoms with Crippen molar-refractivity contribution in [3.8, 4) is 0 Å². The van der Waals surface area contributed by atoms with Crippen molar-refractivity contribution in [3.05, 3.63) is 67.1 Å².